The summed E-state index contributed by atoms with van der Waals surface area (Å²) in [4.78, 5) is 67.9. The highest BCUT2D eigenvalue weighted by atomic mass is 19.4. The SMILES string of the molecule is COC(=O)N[C@H](C(=O)N1C[C@@H](C)C[C@H]1c1nc2c(ccc3cc(-c4ccc(NC(=O)N5CCN(C6CCN(C(=O)C7CC7)CC6)CC5)cc4OC(F)(F)F)ccc32)[nH]1)C(C)C. The number of aromatic nitrogens is 2. The van der Waals surface area contributed by atoms with Gasteiger partial charge >= 0.3 is 18.5 Å². The van der Waals surface area contributed by atoms with Crippen molar-refractivity contribution in [3.63, 3.8) is 0 Å². The molecule has 0 spiro atoms. The Kier molecular flexibility index (Phi) is 11.8. The van der Waals surface area contributed by atoms with Crippen molar-refractivity contribution >= 4 is 51.4 Å². The lowest BCUT2D eigenvalue weighted by Gasteiger charge is -2.42. The molecule has 1 aliphatic carbocycles. The van der Waals surface area contributed by atoms with Crippen LogP contribution in [0.25, 0.3) is 32.9 Å². The second-order valence-corrected chi connectivity index (χ2v) is 17.3. The molecule has 3 saturated heterocycles. The Morgan fingerprint density at radius 1 is 0.902 bits per heavy atom. The number of urea groups is 1. The van der Waals surface area contributed by atoms with Crippen molar-refractivity contribution in [3.05, 3.63) is 54.4 Å². The van der Waals surface area contributed by atoms with E-state index in [1.807, 2.05) is 30.9 Å². The van der Waals surface area contributed by atoms with Gasteiger partial charge in [-0.2, -0.15) is 0 Å². The summed E-state index contributed by atoms with van der Waals surface area (Å²) in [7, 11) is 1.25. The average molecular weight is 847 g/mol. The number of fused-ring (bicyclic) bond motifs is 3. The Morgan fingerprint density at radius 3 is 2.31 bits per heavy atom. The Bertz CT molecular complexity index is 2300. The van der Waals surface area contributed by atoms with Gasteiger partial charge in [0.05, 0.1) is 24.2 Å². The van der Waals surface area contributed by atoms with Gasteiger partial charge in [0.15, 0.2) is 0 Å². The van der Waals surface area contributed by atoms with E-state index in [0.29, 0.717) is 62.1 Å². The molecule has 1 saturated carbocycles. The van der Waals surface area contributed by atoms with Crippen LogP contribution in [0.15, 0.2) is 48.5 Å². The first-order chi connectivity index (χ1) is 29.1. The predicted octanol–water partition coefficient (Wildman–Crippen LogP) is 7.12. The fraction of sp³-hybridized carbons (Fsp3) is 0.523. The summed E-state index contributed by atoms with van der Waals surface area (Å²) in [6.07, 6.45) is -1.19. The molecule has 4 aliphatic rings. The number of likely N-dealkylation sites (tertiary alicyclic amines) is 2. The van der Waals surface area contributed by atoms with Crippen molar-refractivity contribution in [2.75, 3.05) is 58.2 Å². The molecule has 0 bridgehead atoms. The van der Waals surface area contributed by atoms with Crippen molar-refractivity contribution in [2.45, 2.75) is 77.4 Å². The maximum atomic E-state index is 13.8. The summed E-state index contributed by atoms with van der Waals surface area (Å²) in [5.41, 5.74) is 2.21. The van der Waals surface area contributed by atoms with E-state index >= 15 is 0 Å². The second-order valence-electron chi connectivity index (χ2n) is 17.3. The summed E-state index contributed by atoms with van der Waals surface area (Å²) in [5.74, 6) is 0.420. The van der Waals surface area contributed by atoms with Gasteiger partial charge in [-0.05, 0) is 79.2 Å². The van der Waals surface area contributed by atoms with Crippen LogP contribution in [0.1, 0.15) is 64.7 Å². The predicted molar refractivity (Wildman–Crippen MR) is 223 cm³/mol. The number of hydrogen-bond donors (Lipinski definition) is 3. The largest absolute Gasteiger partial charge is 0.573 e. The number of imidazole rings is 1. The molecular weight excluding hydrogens is 794 g/mol. The number of aromatic amines is 1. The van der Waals surface area contributed by atoms with Crippen LogP contribution in [-0.4, -0.2) is 125 Å². The molecule has 4 heterocycles. The molecule has 3 N–H and O–H groups in total. The molecule has 3 atom stereocenters. The first kappa shape index (κ1) is 42.1. The Hall–Kier alpha value is -5.58. The monoisotopic (exact) mass is 846 g/mol. The summed E-state index contributed by atoms with van der Waals surface area (Å²) in [6.45, 7) is 10.1. The molecule has 5 amide bonds. The van der Waals surface area contributed by atoms with E-state index < -0.39 is 30.3 Å². The third kappa shape index (κ3) is 9.21. The zero-order chi connectivity index (χ0) is 43.2. The van der Waals surface area contributed by atoms with Gasteiger partial charge in [-0.3, -0.25) is 14.5 Å². The van der Waals surface area contributed by atoms with Gasteiger partial charge in [-0.25, -0.2) is 14.6 Å². The summed E-state index contributed by atoms with van der Waals surface area (Å²) in [5, 5.41) is 6.93. The van der Waals surface area contributed by atoms with Gasteiger partial charge < -0.3 is 39.8 Å². The molecule has 8 rings (SSSR count). The minimum absolute atomic E-state index is 0.171. The highest BCUT2D eigenvalue weighted by molar-refractivity contribution is 6.05. The standard InChI is InChI=1S/C44H53F3N8O6/c1-25(2)37(51-43(59)60-4)41(57)55-24-26(3)21-35(55)39-49-34-12-8-29-22-28(7-10-33(29)38(34)50-39)32-11-9-30(23-36(32)61-44(45,46)47)48-42(58)54-19-17-52(18-20-54)31-13-15-53(16-14-31)40(56)27-5-6-27/h7-12,22-23,25-27,31,35,37H,5-6,13-21,24H2,1-4H3,(H,48,58)(H,49,50)(H,51,59)/t26-,35-,37-/m0/s1. The highest BCUT2D eigenvalue weighted by Gasteiger charge is 2.41. The summed E-state index contributed by atoms with van der Waals surface area (Å²) in [6, 6.07) is 12.1. The summed E-state index contributed by atoms with van der Waals surface area (Å²) >= 11 is 0. The first-order valence-corrected chi connectivity index (χ1v) is 21.2. The van der Waals surface area contributed by atoms with E-state index in [9.17, 15) is 32.3 Å². The lowest BCUT2D eigenvalue weighted by Crippen LogP contribution is -2.55. The van der Waals surface area contributed by atoms with Crippen molar-refractivity contribution in [3.8, 4) is 16.9 Å². The smallest absolute Gasteiger partial charge is 0.453 e. The van der Waals surface area contributed by atoms with E-state index in [-0.39, 0.29) is 46.9 Å². The van der Waals surface area contributed by atoms with Gasteiger partial charge in [0.25, 0.3) is 0 Å². The number of H-pyrrole nitrogens is 1. The van der Waals surface area contributed by atoms with Crippen molar-refractivity contribution in [1.82, 2.24) is 34.9 Å². The Morgan fingerprint density at radius 2 is 1.64 bits per heavy atom. The van der Waals surface area contributed by atoms with Crippen molar-refractivity contribution in [1.29, 1.82) is 0 Å². The maximum Gasteiger partial charge on any atom is 0.573 e. The van der Waals surface area contributed by atoms with Crippen molar-refractivity contribution in [2.24, 2.45) is 17.8 Å². The number of piperidine rings is 1. The zero-order valence-electron chi connectivity index (χ0n) is 34.9. The third-order valence-electron chi connectivity index (χ3n) is 12.6. The zero-order valence-corrected chi connectivity index (χ0v) is 34.9. The number of carbonyl (C=O) groups is 4. The number of amides is 5. The molecule has 0 radical (unpaired) electrons. The van der Waals surface area contributed by atoms with E-state index in [0.717, 1.165) is 55.1 Å². The molecule has 3 aliphatic heterocycles. The summed E-state index contributed by atoms with van der Waals surface area (Å²) < 4.78 is 50.8. The molecular formula is C44H53F3N8O6. The third-order valence-corrected chi connectivity index (χ3v) is 12.6. The van der Waals surface area contributed by atoms with E-state index in [4.69, 9.17) is 9.72 Å². The molecule has 3 aromatic carbocycles. The van der Waals surface area contributed by atoms with Gasteiger partial charge in [0.1, 0.15) is 17.6 Å². The number of nitrogens with zero attached hydrogens (tertiary/aromatic N) is 5. The van der Waals surface area contributed by atoms with Crippen LogP contribution in [-0.2, 0) is 14.3 Å². The van der Waals surface area contributed by atoms with Crippen LogP contribution in [0, 0.1) is 17.8 Å². The quantitative estimate of drug-likeness (QED) is 0.161. The minimum Gasteiger partial charge on any atom is -0.453 e. The fourth-order valence-electron chi connectivity index (χ4n) is 9.15. The molecule has 1 aromatic heterocycles. The number of methoxy groups -OCH3 is 1. The maximum absolute atomic E-state index is 13.8. The van der Waals surface area contributed by atoms with Crippen LogP contribution in [0.5, 0.6) is 5.75 Å². The number of ether oxygens (including phenoxy) is 2. The van der Waals surface area contributed by atoms with Crippen LogP contribution in [0.4, 0.5) is 28.4 Å². The number of halogens is 3. The number of alkyl carbamates (subject to hydrolysis) is 1. The lowest BCUT2D eigenvalue weighted by molar-refractivity contribution is -0.274. The molecule has 17 heteroatoms. The molecule has 14 nitrogen and oxygen atoms in total. The van der Waals surface area contributed by atoms with E-state index in [1.165, 1.54) is 19.2 Å². The van der Waals surface area contributed by atoms with Gasteiger partial charge in [0, 0.05) is 80.5 Å². The lowest BCUT2D eigenvalue weighted by atomic mass is 9.99. The van der Waals surface area contributed by atoms with Crippen LogP contribution < -0.4 is 15.4 Å². The number of benzene rings is 3. The number of piperazine rings is 1. The van der Waals surface area contributed by atoms with Crippen LogP contribution >= 0.6 is 0 Å². The van der Waals surface area contributed by atoms with Crippen LogP contribution in [0.2, 0.25) is 0 Å². The Labute approximate surface area is 352 Å². The molecule has 326 valence electrons. The number of alkyl halides is 3. The molecule has 4 aromatic rings. The average Bonchev–Trinajstić information content (AvgIpc) is 3.88. The van der Waals surface area contributed by atoms with Gasteiger partial charge in [-0.1, -0.05) is 39.0 Å². The van der Waals surface area contributed by atoms with Gasteiger partial charge in [-0.15, -0.1) is 13.2 Å². The minimum atomic E-state index is -4.99. The molecule has 4 fully saturated rings. The normalized spacial score (nSPS) is 21.0. The van der Waals surface area contributed by atoms with Gasteiger partial charge in [0.2, 0.25) is 11.8 Å². The van der Waals surface area contributed by atoms with E-state index in [2.05, 4.69) is 32.2 Å². The highest BCUT2D eigenvalue weighted by Crippen LogP contribution is 2.40. The number of hydrogen-bond acceptors (Lipinski definition) is 8. The molecule has 61 heavy (non-hydrogen) atoms. The number of rotatable bonds is 9. The first-order valence-electron chi connectivity index (χ1n) is 21.2. The topological polar surface area (TPSA) is 152 Å². The second kappa shape index (κ2) is 17.1. The van der Waals surface area contributed by atoms with E-state index in [1.54, 1.807) is 34.1 Å². The Balaban J connectivity index is 0.964. The molecule has 0 unspecified atom stereocenters. The van der Waals surface area contributed by atoms with Crippen LogP contribution in [0.3, 0.4) is 0 Å². The number of nitrogens with one attached hydrogen (secondary N) is 3. The number of anilines is 1. The fourth-order valence-corrected chi connectivity index (χ4v) is 9.15. The number of carbonyl (C=O) groups excluding carboxylic acids is 4. The van der Waals surface area contributed by atoms with Crippen molar-refractivity contribution < 1.29 is 41.8 Å².